The van der Waals surface area contributed by atoms with E-state index in [-0.39, 0.29) is 5.91 Å². The Hall–Kier alpha value is -0.920. The summed E-state index contributed by atoms with van der Waals surface area (Å²) in [7, 11) is 0. The Labute approximate surface area is 109 Å². The molecule has 0 aliphatic heterocycles. The Kier molecular flexibility index (Phi) is 6.05. The molecule has 1 rings (SSSR count). The lowest BCUT2D eigenvalue weighted by Gasteiger charge is -2.05. The number of aromatic nitrogens is 2. The Morgan fingerprint density at radius 2 is 2.06 bits per heavy atom. The maximum atomic E-state index is 11.3. The average molecular weight is 334 g/mol. The minimum atomic E-state index is 0.0554. The van der Waals surface area contributed by atoms with Gasteiger partial charge in [0.25, 0.3) is 0 Å². The number of hydrogen-bond donors (Lipinski definition) is 2. The predicted octanol–water partition coefficient (Wildman–Crippen LogP) is 1.41. The summed E-state index contributed by atoms with van der Waals surface area (Å²) in [6.45, 7) is 3.31. The van der Waals surface area contributed by atoms with Crippen molar-refractivity contribution in [2.75, 3.05) is 18.4 Å². The molecule has 2 N–H and O–H groups in total. The molecule has 1 amide bonds. The van der Waals surface area contributed by atoms with Gasteiger partial charge in [0, 0.05) is 35.5 Å². The van der Waals surface area contributed by atoms with Crippen LogP contribution in [0.2, 0.25) is 0 Å². The third-order valence-electron chi connectivity index (χ3n) is 1.83. The second kappa shape index (κ2) is 7.37. The van der Waals surface area contributed by atoms with Gasteiger partial charge in [0.1, 0.15) is 0 Å². The molecule has 0 radical (unpaired) electrons. The van der Waals surface area contributed by atoms with Gasteiger partial charge in [0.15, 0.2) is 0 Å². The van der Waals surface area contributed by atoms with E-state index in [1.165, 1.54) is 0 Å². The molecule has 0 saturated heterocycles. The van der Waals surface area contributed by atoms with Crippen molar-refractivity contribution in [2.45, 2.75) is 19.8 Å². The molecular weight excluding hydrogens is 319 g/mol. The molecule has 0 bridgehead atoms. The summed E-state index contributed by atoms with van der Waals surface area (Å²) >= 11 is 2.14. The smallest absolute Gasteiger partial charge is 0.222 e. The molecule has 0 saturated carbocycles. The summed E-state index contributed by atoms with van der Waals surface area (Å²) in [5.74, 6) is 0.614. The maximum absolute atomic E-state index is 11.3. The largest absolute Gasteiger partial charge is 0.356 e. The first-order valence-electron chi connectivity index (χ1n) is 5.20. The quantitative estimate of drug-likeness (QED) is 0.772. The molecule has 88 valence electrons. The van der Waals surface area contributed by atoms with Gasteiger partial charge in [-0.05, 0) is 29.0 Å². The number of hydrogen-bond acceptors (Lipinski definition) is 4. The van der Waals surface area contributed by atoms with E-state index in [0.717, 1.165) is 16.5 Å². The fourth-order valence-electron chi connectivity index (χ4n) is 1.04. The number of carbonyl (C=O) groups excluding carboxylic acids is 1. The Morgan fingerprint density at radius 3 is 2.69 bits per heavy atom. The van der Waals surface area contributed by atoms with Crippen LogP contribution in [0.3, 0.4) is 0 Å². The van der Waals surface area contributed by atoms with Crippen molar-refractivity contribution in [3.8, 4) is 0 Å². The van der Waals surface area contributed by atoms with Crippen molar-refractivity contribution in [1.29, 1.82) is 0 Å². The van der Waals surface area contributed by atoms with Gasteiger partial charge in [-0.1, -0.05) is 6.92 Å². The number of rotatable bonds is 6. The van der Waals surface area contributed by atoms with Crippen molar-refractivity contribution in [2.24, 2.45) is 0 Å². The maximum Gasteiger partial charge on any atom is 0.222 e. The molecule has 0 aliphatic rings. The average Bonchev–Trinajstić information content (AvgIpc) is 2.29. The highest BCUT2D eigenvalue weighted by Gasteiger charge is 2.00. The molecule has 0 unspecified atom stereocenters. The van der Waals surface area contributed by atoms with E-state index in [9.17, 15) is 4.79 Å². The van der Waals surface area contributed by atoms with E-state index in [1.54, 1.807) is 12.4 Å². The molecule has 0 fully saturated rings. The van der Waals surface area contributed by atoms with Crippen molar-refractivity contribution in [3.63, 3.8) is 0 Å². The van der Waals surface area contributed by atoms with Gasteiger partial charge < -0.3 is 10.6 Å². The highest BCUT2D eigenvalue weighted by Crippen LogP contribution is 2.02. The molecule has 16 heavy (non-hydrogen) atoms. The molecule has 0 aliphatic carbocycles. The van der Waals surface area contributed by atoms with E-state index in [4.69, 9.17) is 0 Å². The second-order valence-electron chi connectivity index (χ2n) is 3.25. The molecule has 6 heteroatoms. The first-order valence-corrected chi connectivity index (χ1v) is 6.28. The second-order valence-corrected chi connectivity index (χ2v) is 4.50. The zero-order valence-corrected chi connectivity index (χ0v) is 11.3. The fraction of sp³-hybridized carbons (Fsp3) is 0.500. The Balaban J connectivity index is 2.20. The Bertz CT molecular complexity index is 328. The molecule has 1 aromatic heterocycles. The SMILES string of the molecule is CCCNC(=O)CCNc1ncc(I)cn1. The van der Waals surface area contributed by atoms with Crippen LogP contribution in [0.25, 0.3) is 0 Å². The van der Waals surface area contributed by atoms with Crippen molar-refractivity contribution < 1.29 is 4.79 Å². The molecule has 1 aromatic rings. The van der Waals surface area contributed by atoms with Crippen LogP contribution in [0, 0.1) is 3.57 Å². The summed E-state index contributed by atoms with van der Waals surface area (Å²) in [6, 6.07) is 0. The third kappa shape index (κ3) is 5.24. The predicted molar refractivity (Wildman–Crippen MR) is 71.2 cm³/mol. The first kappa shape index (κ1) is 13.1. The summed E-state index contributed by atoms with van der Waals surface area (Å²) in [5, 5.41) is 5.80. The molecular formula is C10H15IN4O. The number of nitrogens with zero attached hydrogens (tertiary/aromatic N) is 2. The standard InChI is InChI=1S/C10H15IN4O/c1-2-4-12-9(16)3-5-13-10-14-6-8(11)7-15-10/h6-7H,2-5H2,1H3,(H,12,16)(H,13,14,15). The van der Waals surface area contributed by atoms with Crippen LogP contribution in [0.1, 0.15) is 19.8 Å². The van der Waals surface area contributed by atoms with Crippen LogP contribution in [-0.2, 0) is 4.79 Å². The zero-order valence-electron chi connectivity index (χ0n) is 9.16. The molecule has 0 spiro atoms. The number of halogens is 1. The van der Waals surface area contributed by atoms with Crippen LogP contribution in [0.5, 0.6) is 0 Å². The fourth-order valence-corrected chi connectivity index (χ4v) is 1.32. The lowest BCUT2D eigenvalue weighted by atomic mass is 10.4. The van der Waals surface area contributed by atoms with Gasteiger partial charge in [-0.2, -0.15) is 0 Å². The summed E-state index contributed by atoms with van der Waals surface area (Å²) in [6.07, 6.45) is 4.86. The van der Waals surface area contributed by atoms with Crippen LogP contribution >= 0.6 is 22.6 Å². The van der Waals surface area contributed by atoms with Gasteiger partial charge in [-0.15, -0.1) is 0 Å². The minimum Gasteiger partial charge on any atom is -0.356 e. The number of nitrogens with one attached hydrogen (secondary N) is 2. The lowest BCUT2D eigenvalue weighted by Crippen LogP contribution is -2.26. The lowest BCUT2D eigenvalue weighted by molar-refractivity contribution is -0.120. The van der Waals surface area contributed by atoms with Gasteiger partial charge in [-0.3, -0.25) is 4.79 Å². The Morgan fingerprint density at radius 1 is 1.38 bits per heavy atom. The highest BCUT2D eigenvalue weighted by molar-refractivity contribution is 14.1. The summed E-state index contributed by atoms with van der Waals surface area (Å²) in [4.78, 5) is 19.4. The topological polar surface area (TPSA) is 66.9 Å². The summed E-state index contributed by atoms with van der Waals surface area (Å²) < 4.78 is 0.990. The highest BCUT2D eigenvalue weighted by atomic mass is 127. The first-order chi connectivity index (χ1) is 7.72. The molecule has 0 atom stereocenters. The third-order valence-corrected chi connectivity index (χ3v) is 2.38. The number of amides is 1. The van der Waals surface area contributed by atoms with Gasteiger partial charge in [0.2, 0.25) is 11.9 Å². The number of anilines is 1. The van der Waals surface area contributed by atoms with Gasteiger partial charge in [-0.25, -0.2) is 9.97 Å². The van der Waals surface area contributed by atoms with E-state index in [2.05, 4.69) is 43.2 Å². The monoisotopic (exact) mass is 334 g/mol. The van der Waals surface area contributed by atoms with E-state index < -0.39 is 0 Å². The van der Waals surface area contributed by atoms with Crippen LogP contribution in [-0.4, -0.2) is 29.0 Å². The van der Waals surface area contributed by atoms with Gasteiger partial charge in [0.05, 0.1) is 0 Å². The van der Waals surface area contributed by atoms with E-state index in [1.807, 2.05) is 6.92 Å². The molecule has 1 heterocycles. The van der Waals surface area contributed by atoms with Crippen molar-refractivity contribution in [1.82, 2.24) is 15.3 Å². The van der Waals surface area contributed by atoms with E-state index in [0.29, 0.717) is 18.9 Å². The minimum absolute atomic E-state index is 0.0554. The van der Waals surface area contributed by atoms with Crippen LogP contribution < -0.4 is 10.6 Å². The van der Waals surface area contributed by atoms with Crippen molar-refractivity contribution >= 4 is 34.4 Å². The molecule has 5 nitrogen and oxygen atoms in total. The van der Waals surface area contributed by atoms with Crippen LogP contribution in [0.4, 0.5) is 5.95 Å². The zero-order chi connectivity index (χ0) is 11.8. The molecule has 0 aromatic carbocycles. The summed E-state index contributed by atoms with van der Waals surface area (Å²) in [5.41, 5.74) is 0. The van der Waals surface area contributed by atoms with Crippen molar-refractivity contribution in [3.05, 3.63) is 16.0 Å². The number of carbonyl (C=O) groups is 1. The van der Waals surface area contributed by atoms with E-state index >= 15 is 0 Å². The normalized spacial score (nSPS) is 9.88. The van der Waals surface area contributed by atoms with Crippen LogP contribution in [0.15, 0.2) is 12.4 Å². The van der Waals surface area contributed by atoms with Gasteiger partial charge >= 0.3 is 0 Å².